The van der Waals surface area contributed by atoms with Crippen LogP contribution in [0.25, 0.3) is 11.0 Å². The molecule has 2 N–H and O–H groups in total. The molecule has 4 heteroatoms. The molecule has 1 fully saturated rings. The molecule has 0 unspecified atom stereocenters. The van der Waals surface area contributed by atoms with Crippen molar-refractivity contribution in [2.24, 2.45) is 0 Å². The molecule has 0 saturated carbocycles. The van der Waals surface area contributed by atoms with Gasteiger partial charge in [0.1, 0.15) is 5.82 Å². The van der Waals surface area contributed by atoms with E-state index < -0.39 is 0 Å². The molecule has 1 aromatic heterocycles. The SMILES string of the molecule is Cc1ccc2nc(CNN3CCCCC3)[nH]c2c1. The maximum Gasteiger partial charge on any atom is 0.122 e. The molecule has 18 heavy (non-hydrogen) atoms. The van der Waals surface area contributed by atoms with E-state index in [0.717, 1.165) is 36.5 Å². The second-order valence-corrected chi connectivity index (χ2v) is 5.09. The number of rotatable bonds is 3. The highest BCUT2D eigenvalue weighted by atomic mass is 15.5. The lowest BCUT2D eigenvalue weighted by Gasteiger charge is -2.26. The second-order valence-electron chi connectivity index (χ2n) is 5.09. The second kappa shape index (κ2) is 5.08. The van der Waals surface area contributed by atoms with Crippen molar-refractivity contribution >= 4 is 11.0 Å². The van der Waals surface area contributed by atoms with Crippen molar-refractivity contribution in [3.05, 3.63) is 29.6 Å². The summed E-state index contributed by atoms with van der Waals surface area (Å²) in [6.45, 7) is 5.19. The zero-order valence-corrected chi connectivity index (χ0v) is 10.9. The van der Waals surface area contributed by atoms with Crippen molar-refractivity contribution in [3.63, 3.8) is 0 Å². The number of benzene rings is 1. The third kappa shape index (κ3) is 2.54. The summed E-state index contributed by atoms with van der Waals surface area (Å²) < 4.78 is 0. The number of hydrazine groups is 1. The summed E-state index contributed by atoms with van der Waals surface area (Å²) in [7, 11) is 0. The minimum Gasteiger partial charge on any atom is -0.341 e. The van der Waals surface area contributed by atoms with Crippen LogP contribution in [0.4, 0.5) is 0 Å². The fraction of sp³-hybridized carbons (Fsp3) is 0.500. The predicted octanol–water partition coefficient (Wildman–Crippen LogP) is 2.36. The van der Waals surface area contributed by atoms with E-state index in [0.29, 0.717) is 0 Å². The predicted molar refractivity (Wildman–Crippen MR) is 73.1 cm³/mol. The summed E-state index contributed by atoms with van der Waals surface area (Å²) in [6.07, 6.45) is 3.96. The van der Waals surface area contributed by atoms with Gasteiger partial charge in [-0.3, -0.25) is 0 Å². The van der Waals surface area contributed by atoms with E-state index in [1.54, 1.807) is 0 Å². The van der Waals surface area contributed by atoms with Crippen LogP contribution in [-0.2, 0) is 6.54 Å². The van der Waals surface area contributed by atoms with Crippen molar-refractivity contribution in [3.8, 4) is 0 Å². The van der Waals surface area contributed by atoms with E-state index in [9.17, 15) is 0 Å². The van der Waals surface area contributed by atoms with Crippen LogP contribution >= 0.6 is 0 Å². The molecule has 1 saturated heterocycles. The summed E-state index contributed by atoms with van der Waals surface area (Å²) in [5.41, 5.74) is 6.90. The van der Waals surface area contributed by atoms with E-state index in [1.165, 1.54) is 24.8 Å². The van der Waals surface area contributed by atoms with Crippen LogP contribution in [0.1, 0.15) is 30.7 Å². The number of aryl methyl sites for hydroxylation is 1. The minimum absolute atomic E-state index is 0.785. The van der Waals surface area contributed by atoms with Crippen molar-refractivity contribution in [1.29, 1.82) is 0 Å². The molecule has 96 valence electrons. The summed E-state index contributed by atoms with van der Waals surface area (Å²) >= 11 is 0. The first-order chi connectivity index (χ1) is 8.81. The van der Waals surface area contributed by atoms with Gasteiger partial charge in [0, 0.05) is 13.1 Å². The highest BCUT2D eigenvalue weighted by Gasteiger charge is 2.10. The zero-order valence-electron chi connectivity index (χ0n) is 10.9. The van der Waals surface area contributed by atoms with Gasteiger partial charge >= 0.3 is 0 Å². The molecule has 0 atom stereocenters. The Kier molecular flexibility index (Phi) is 3.30. The number of hydrogen-bond donors (Lipinski definition) is 2. The van der Waals surface area contributed by atoms with Gasteiger partial charge in [-0.05, 0) is 37.5 Å². The number of fused-ring (bicyclic) bond motifs is 1. The number of nitrogens with zero attached hydrogens (tertiary/aromatic N) is 2. The lowest BCUT2D eigenvalue weighted by Crippen LogP contribution is -2.41. The van der Waals surface area contributed by atoms with Gasteiger partial charge in [0.2, 0.25) is 0 Å². The number of aromatic nitrogens is 2. The lowest BCUT2D eigenvalue weighted by atomic mass is 10.2. The largest absolute Gasteiger partial charge is 0.341 e. The Morgan fingerprint density at radius 2 is 2.11 bits per heavy atom. The van der Waals surface area contributed by atoms with Gasteiger partial charge in [0.25, 0.3) is 0 Å². The van der Waals surface area contributed by atoms with Gasteiger partial charge in [-0.15, -0.1) is 0 Å². The van der Waals surface area contributed by atoms with Gasteiger partial charge in [0.15, 0.2) is 0 Å². The Bertz CT molecular complexity index is 526. The first kappa shape index (κ1) is 11.7. The van der Waals surface area contributed by atoms with Gasteiger partial charge in [-0.25, -0.2) is 15.4 Å². The van der Waals surface area contributed by atoms with E-state index >= 15 is 0 Å². The molecule has 0 spiro atoms. The van der Waals surface area contributed by atoms with Crippen molar-refractivity contribution < 1.29 is 0 Å². The smallest absolute Gasteiger partial charge is 0.122 e. The number of nitrogens with one attached hydrogen (secondary N) is 2. The average Bonchev–Trinajstić information content (AvgIpc) is 2.79. The standard InChI is InChI=1S/C14H20N4/c1-11-5-6-12-13(9-11)17-14(16-12)10-15-18-7-3-2-4-8-18/h5-6,9,15H,2-4,7-8,10H2,1H3,(H,16,17). The summed E-state index contributed by atoms with van der Waals surface area (Å²) in [5.74, 6) is 1.01. The Balaban J connectivity index is 1.67. The first-order valence-electron chi connectivity index (χ1n) is 6.75. The number of hydrogen-bond acceptors (Lipinski definition) is 3. The van der Waals surface area contributed by atoms with E-state index in [4.69, 9.17) is 0 Å². The van der Waals surface area contributed by atoms with E-state index in [-0.39, 0.29) is 0 Å². The highest BCUT2D eigenvalue weighted by molar-refractivity contribution is 5.75. The quantitative estimate of drug-likeness (QED) is 0.871. The fourth-order valence-electron chi connectivity index (χ4n) is 2.50. The molecule has 1 aromatic carbocycles. The molecule has 4 nitrogen and oxygen atoms in total. The third-order valence-electron chi connectivity index (χ3n) is 3.51. The van der Waals surface area contributed by atoms with Crippen LogP contribution in [0.15, 0.2) is 18.2 Å². The number of H-pyrrole nitrogens is 1. The molecule has 0 amide bonds. The molecule has 2 heterocycles. The van der Waals surface area contributed by atoms with Gasteiger partial charge < -0.3 is 4.98 Å². The van der Waals surface area contributed by atoms with E-state index in [1.807, 2.05) is 0 Å². The summed E-state index contributed by atoms with van der Waals surface area (Å²) in [4.78, 5) is 7.97. The molecule has 1 aliphatic rings. The Labute approximate surface area is 107 Å². The molecular weight excluding hydrogens is 224 g/mol. The minimum atomic E-state index is 0.785. The van der Waals surface area contributed by atoms with Gasteiger partial charge in [-0.1, -0.05) is 12.5 Å². The molecule has 1 aliphatic heterocycles. The van der Waals surface area contributed by atoms with Crippen LogP contribution < -0.4 is 5.43 Å². The van der Waals surface area contributed by atoms with Crippen LogP contribution in [0, 0.1) is 6.92 Å². The lowest BCUT2D eigenvalue weighted by molar-refractivity contribution is 0.149. The Hall–Kier alpha value is -1.39. The average molecular weight is 244 g/mol. The molecule has 0 bridgehead atoms. The summed E-state index contributed by atoms with van der Waals surface area (Å²) in [6, 6.07) is 6.32. The number of aromatic amines is 1. The number of imidazole rings is 1. The van der Waals surface area contributed by atoms with Crippen molar-refractivity contribution in [1.82, 2.24) is 20.4 Å². The van der Waals surface area contributed by atoms with E-state index in [2.05, 4.69) is 45.5 Å². The number of piperidine rings is 1. The maximum atomic E-state index is 4.59. The third-order valence-corrected chi connectivity index (χ3v) is 3.51. The van der Waals surface area contributed by atoms with Crippen molar-refractivity contribution in [2.75, 3.05) is 13.1 Å². The topological polar surface area (TPSA) is 44.0 Å². The highest BCUT2D eigenvalue weighted by Crippen LogP contribution is 2.13. The van der Waals surface area contributed by atoms with Gasteiger partial charge in [0.05, 0.1) is 17.6 Å². The van der Waals surface area contributed by atoms with Crippen LogP contribution in [0.2, 0.25) is 0 Å². The Morgan fingerprint density at radius 3 is 2.94 bits per heavy atom. The molecular formula is C14H20N4. The first-order valence-corrected chi connectivity index (χ1v) is 6.75. The normalized spacial score (nSPS) is 17.4. The molecule has 0 aliphatic carbocycles. The molecule has 3 rings (SSSR count). The Morgan fingerprint density at radius 1 is 1.28 bits per heavy atom. The van der Waals surface area contributed by atoms with Crippen LogP contribution in [0.3, 0.4) is 0 Å². The fourth-order valence-corrected chi connectivity index (χ4v) is 2.50. The maximum absolute atomic E-state index is 4.59. The summed E-state index contributed by atoms with van der Waals surface area (Å²) in [5, 5.41) is 2.31. The monoisotopic (exact) mass is 244 g/mol. The van der Waals surface area contributed by atoms with Crippen molar-refractivity contribution in [2.45, 2.75) is 32.7 Å². The van der Waals surface area contributed by atoms with Crippen LogP contribution in [0.5, 0.6) is 0 Å². The zero-order chi connectivity index (χ0) is 12.4. The molecule has 2 aromatic rings. The van der Waals surface area contributed by atoms with Crippen LogP contribution in [-0.4, -0.2) is 28.1 Å². The van der Waals surface area contributed by atoms with Gasteiger partial charge in [-0.2, -0.15) is 0 Å². The molecule has 0 radical (unpaired) electrons.